The topological polar surface area (TPSA) is 39.2 Å². The van der Waals surface area contributed by atoms with Gasteiger partial charge in [-0.05, 0) is 18.6 Å². The fraction of sp³-hybridized carbons (Fsp3) is 0.143. The van der Waals surface area contributed by atoms with Crippen LogP contribution in [-0.4, -0.2) is 17.6 Å². The number of pyridine rings is 1. The molecular formula is C14H12ClNO2. The van der Waals surface area contributed by atoms with Crippen LogP contribution in [0.5, 0.6) is 0 Å². The Morgan fingerprint density at radius 2 is 2.06 bits per heavy atom. The summed E-state index contributed by atoms with van der Waals surface area (Å²) >= 11 is 5.89. The van der Waals surface area contributed by atoms with Gasteiger partial charge in [0.15, 0.2) is 0 Å². The molecule has 2 rings (SSSR count). The fourth-order valence-corrected chi connectivity index (χ4v) is 1.82. The number of esters is 1. The standard InChI is InChI=1S/C14H12ClNO2/c1-2-18-14(17)12-9-16-13(15)8-11(12)10-6-4-3-5-7-10/h3-9H,2H2,1H3. The number of ether oxygens (including phenoxy) is 1. The van der Waals surface area contributed by atoms with E-state index in [0.717, 1.165) is 11.1 Å². The van der Waals surface area contributed by atoms with E-state index in [-0.39, 0.29) is 5.97 Å². The molecule has 0 aliphatic rings. The van der Waals surface area contributed by atoms with Crippen LogP contribution in [0.4, 0.5) is 0 Å². The number of carbonyl (C=O) groups excluding carboxylic acids is 1. The van der Waals surface area contributed by atoms with E-state index in [1.54, 1.807) is 13.0 Å². The van der Waals surface area contributed by atoms with Gasteiger partial charge in [-0.15, -0.1) is 0 Å². The van der Waals surface area contributed by atoms with Crippen molar-refractivity contribution in [3.63, 3.8) is 0 Å². The molecule has 0 spiro atoms. The third kappa shape index (κ3) is 2.68. The SMILES string of the molecule is CCOC(=O)c1cnc(Cl)cc1-c1ccccc1. The van der Waals surface area contributed by atoms with E-state index in [1.165, 1.54) is 6.20 Å². The number of rotatable bonds is 3. The second-order valence-corrected chi connectivity index (χ2v) is 4.03. The summed E-state index contributed by atoms with van der Waals surface area (Å²) in [7, 11) is 0. The molecule has 0 fully saturated rings. The molecule has 18 heavy (non-hydrogen) atoms. The molecule has 0 N–H and O–H groups in total. The predicted molar refractivity (Wildman–Crippen MR) is 70.6 cm³/mol. The first-order valence-electron chi connectivity index (χ1n) is 5.60. The third-order valence-electron chi connectivity index (χ3n) is 2.45. The van der Waals surface area contributed by atoms with E-state index in [2.05, 4.69) is 4.98 Å². The van der Waals surface area contributed by atoms with Gasteiger partial charge in [0.2, 0.25) is 0 Å². The molecule has 0 amide bonds. The molecule has 0 radical (unpaired) electrons. The molecule has 0 saturated heterocycles. The zero-order chi connectivity index (χ0) is 13.0. The van der Waals surface area contributed by atoms with Crippen molar-refractivity contribution < 1.29 is 9.53 Å². The zero-order valence-electron chi connectivity index (χ0n) is 9.89. The van der Waals surface area contributed by atoms with E-state index in [0.29, 0.717) is 17.3 Å². The minimum atomic E-state index is -0.388. The first-order valence-corrected chi connectivity index (χ1v) is 5.98. The molecule has 92 valence electrons. The van der Waals surface area contributed by atoms with Crippen LogP contribution < -0.4 is 0 Å². The van der Waals surface area contributed by atoms with Crippen LogP contribution >= 0.6 is 11.6 Å². The first-order chi connectivity index (χ1) is 8.72. The van der Waals surface area contributed by atoms with Gasteiger partial charge in [-0.2, -0.15) is 0 Å². The van der Waals surface area contributed by atoms with Crippen LogP contribution in [0.25, 0.3) is 11.1 Å². The van der Waals surface area contributed by atoms with Crippen LogP contribution in [-0.2, 0) is 4.74 Å². The molecule has 1 aromatic carbocycles. The molecule has 0 aliphatic carbocycles. The van der Waals surface area contributed by atoms with E-state index in [9.17, 15) is 4.79 Å². The smallest absolute Gasteiger partial charge is 0.340 e. The lowest BCUT2D eigenvalue weighted by Gasteiger charge is -2.08. The lowest BCUT2D eigenvalue weighted by atomic mass is 10.0. The second kappa shape index (κ2) is 5.65. The van der Waals surface area contributed by atoms with Crippen molar-refractivity contribution in [1.29, 1.82) is 0 Å². The molecule has 3 nitrogen and oxygen atoms in total. The molecule has 4 heteroatoms. The number of hydrogen-bond acceptors (Lipinski definition) is 3. The average molecular weight is 262 g/mol. The zero-order valence-corrected chi connectivity index (χ0v) is 10.6. The van der Waals surface area contributed by atoms with Crippen LogP contribution in [0.15, 0.2) is 42.6 Å². The normalized spacial score (nSPS) is 10.1. The van der Waals surface area contributed by atoms with Crippen molar-refractivity contribution in [2.45, 2.75) is 6.92 Å². The Hall–Kier alpha value is -1.87. The van der Waals surface area contributed by atoms with Gasteiger partial charge < -0.3 is 4.74 Å². The van der Waals surface area contributed by atoms with Gasteiger partial charge in [0.1, 0.15) is 5.15 Å². The predicted octanol–water partition coefficient (Wildman–Crippen LogP) is 3.58. The Bertz CT molecular complexity index is 555. The van der Waals surface area contributed by atoms with E-state index >= 15 is 0 Å². The highest BCUT2D eigenvalue weighted by Gasteiger charge is 2.14. The largest absolute Gasteiger partial charge is 0.462 e. The maximum Gasteiger partial charge on any atom is 0.340 e. The molecule has 0 atom stereocenters. The number of benzene rings is 1. The second-order valence-electron chi connectivity index (χ2n) is 3.64. The number of nitrogens with zero attached hydrogens (tertiary/aromatic N) is 1. The summed E-state index contributed by atoms with van der Waals surface area (Å²) in [6, 6.07) is 11.2. The Labute approximate surface area is 110 Å². The summed E-state index contributed by atoms with van der Waals surface area (Å²) < 4.78 is 5.01. The highest BCUT2D eigenvalue weighted by Crippen LogP contribution is 2.26. The van der Waals surface area contributed by atoms with E-state index < -0.39 is 0 Å². The van der Waals surface area contributed by atoms with Crippen molar-refractivity contribution in [2.75, 3.05) is 6.61 Å². The molecule has 0 aliphatic heterocycles. The number of halogens is 1. The molecule has 0 saturated carbocycles. The lowest BCUT2D eigenvalue weighted by molar-refractivity contribution is 0.0527. The van der Waals surface area contributed by atoms with E-state index in [1.807, 2.05) is 30.3 Å². The van der Waals surface area contributed by atoms with Gasteiger partial charge in [0.05, 0.1) is 12.2 Å². The molecule has 2 aromatic rings. The van der Waals surface area contributed by atoms with Gasteiger partial charge in [0.25, 0.3) is 0 Å². The van der Waals surface area contributed by atoms with E-state index in [4.69, 9.17) is 16.3 Å². The summed E-state index contributed by atoms with van der Waals surface area (Å²) in [6.45, 7) is 2.10. The van der Waals surface area contributed by atoms with Crippen molar-refractivity contribution in [2.24, 2.45) is 0 Å². The minimum absolute atomic E-state index is 0.329. The van der Waals surface area contributed by atoms with Gasteiger partial charge in [-0.1, -0.05) is 41.9 Å². The number of carbonyl (C=O) groups is 1. The molecule has 0 bridgehead atoms. The van der Waals surface area contributed by atoms with Gasteiger partial charge in [-0.3, -0.25) is 0 Å². The highest BCUT2D eigenvalue weighted by atomic mass is 35.5. The maximum absolute atomic E-state index is 11.8. The molecule has 1 heterocycles. The summed E-state index contributed by atoms with van der Waals surface area (Å²) in [5.74, 6) is -0.388. The van der Waals surface area contributed by atoms with Crippen LogP contribution in [0.1, 0.15) is 17.3 Å². The third-order valence-corrected chi connectivity index (χ3v) is 2.66. The monoisotopic (exact) mass is 261 g/mol. The summed E-state index contributed by atoms with van der Waals surface area (Å²) in [6.07, 6.45) is 1.45. The lowest BCUT2D eigenvalue weighted by Crippen LogP contribution is -2.07. The molecule has 1 aromatic heterocycles. The van der Waals surface area contributed by atoms with Crippen molar-refractivity contribution in [3.8, 4) is 11.1 Å². The van der Waals surface area contributed by atoms with Crippen LogP contribution in [0.3, 0.4) is 0 Å². The Morgan fingerprint density at radius 1 is 1.33 bits per heavy atom. The van der Waals surface area contributed by atoms with Gasteiger partial charge in [0, 0.05) is 11.8 Å². The number of aromatic nitrogens is 1. The maximum atomic E-state index is 11.8. The highest BCUT2D eigenvalue weighted by molar-refractivity contribution is 6.29. The van der Waals surface area contributed by atoms with Crippen molar-refractivity contribution >= 4 is 17.6 Å². The summed E-state index contributed by atoms with van der Waals surface area (Å²) in [5.41, 5.74) is 2.06. The van der Waals surface area contributed by atoms with Crippen molar-refractivity contribution in [1.82, 2.24) is 4.98 Å². The van der Waals surface area contributed by atoms with Crippen LogP contribution in [0.2, 0.25) is 5.15 Å². The average Bonchev–Trinajstić information content (AvgIpc) is 2.40. The summed E-state index contributed by atoms with van der Waals surface area (Å²) in [4.78, 5) is 15.8. The number of hydrogen-bond donors (Lipinski definition) is 0. The Morgan fingerprint density at radius 3 is 2.72 bits per heavy atom. The van der Waals surface area contributed by atoms with Gasteiger partial charge >= 0.3 is 5.97 Å². The Balaban J connectivity index is 2.51. The quantitative estimate of drug-likeness (QED) is 0.626. The first kappa shape index (κ1) is 12.6. The molecular weight excluding hydrogens is 250 g/mol. The van der Waals surface area contributed by atoms with Gasteiger partial charge in [-0.25, -0.2) is 9.78 Å². The fourth-order valence-electron chi connectivity index (χ4n) is 1.66. The molecule has 0 unspecified atom stereocenters. The summed E-state index contributed by atoms with van der Waals surface area (Å²) in [5, 5.41) is 0.349. The van der Waals surface area contributed by atoms with Crippen LogP contribution in [0, 0.1) is 0 Å². The Kier molecular flexibility index (Phi) is 3.95. The minimum Gasteiger partial charge on any atom is -0.462 e. The van der Waals surface area contributed by atoms with Crippen molar-refractivity contribution in [3.05, 3.63) is 53.3 Å².